The van der Waals surface area contributed by atoms with Gasteiger partial charge in [0.2, 0.25) is 5.95 Å². The number of rotatable bonds is 7. The van der Waals surface area contributed by atoms with Crippen molar-refractivity contribution in [2.75, 3.05) is 18.2 Å². The van der Waals surface area contributed by atoms with Gasteiger partial charge < -0.3 is 5.32 Å². The summed E-state index contributed by atoms with van der Waals surface area (Å²) in [6.07, 6.45) is 4.22. The van der Waals surface area contributed by atoms with E-state index in [4.69, 9.17) is 20.8 Å². The molecule has 1 aromatic heterocycles. The van der Waals surface area contributed by atoms with Crippen molar-refractivity contribution in [1.29, 1.82) is 0 Å². The molecule has 8 heteroatoms. The first-order valence-corrected chi connectivity index (χ1v) is 13.5. The second-order valence-electron chi connectivity index (χ2n) is 8.53. The van der Waals surface area contributed by atoms with Crippen LogP contribution in [0.5, 0.6) is 0 Å². The molecule has 6 nitrogen and oxygen atoms in total. The molecule has 4 aromatic rings. The van der Waals surface area contributed by atoms with Gasteiger partial charge in [0.1, 0.15) is 0 Å². The molecule has 1 aliphatic rings. The van der Waals surface area contributed by atoms with Crippen molar-refractivity contribution in [3.63, 3.8) is 0 Å². The van der Waals surface area contributed by atoms with E-state index in [-0.39, 0.29) is 12.5 Å². The van der Waals surface area contributed by atoms with E-state index in [0.29, 0.717) is 12.4 Å². The third kappa shape index (κ3) is 5.37. The van der Waals surface area contributed by atoms with Crippen molar-refractivity contribution in [2.45, 2.75) is 18.8 Å². The summed E-state index contributed by atoms with van der Waals surface area (Å²) in [6.45, 7) is 0.119. The molecule has 1 atom stereocenters. The molecule has 1 unspecified atom stereocenters. The second kappa shape index (κ2) is 9.77. The molecule has 1 heterocycles. The van der Waals surface area contributed by atoms with E-state index >= 15 is 0 Å². The molecule has 1 aliphatic carbocycles. The standard InChI is InChI=1S/C27H24ClN3O3S/c1-35(32,33)34-15-14-18-10-12-20(13-11-18)30-27-29-17-19-16-24(22-7-4-5-9-25(22)28)21-6-2-3-8-23(21)26(19)31-27/h2-13,17,24H,14-16H2,1H3,(H,29,30,31). The average Bonchev–Trinajstić information content (AvgIpc) is 2.84. The summed E-state index contributed by atoms with van der Waals surface area (Å²) in [5.74, 6) is 0.664. The van der Waals surface area contributed by atoms with Crippen molar-refractivity contribution in [2.24, 2.45) is 0 Å². The number of aromatic nitrogens is 2. The number of halogens is 1. The maximum Gasteiger partial charge on any atom is 0.264 e. The highest BCUT2D eigenvalue weighted by atomic mass is 35.5. The Hall–Kier alpha value is -3.26. The molecule has 0 aliphatic heterocycles. The van der Waals surface area contributed by atoms with Crippen LogP contribution in [0.4, 0.5) is 11.6 Å². The van der Waals surface area contributed by atoms with Gasteiger partial charge in [-0.2, -0.15) is 8.42 Å². The van der Waals surface area contributed by atoms with Crippen LogP contribution >= 0.6 is 11.6 Å². The maximum atomic E-state index is 11.1. The monoisotopic (exact) mass is 505 g/mol. The SMILES string of the molecule is CS(=O)(=O)OCCc1ccc(Nc2ncc3c(n2)-c2ccccc2C(c2ccccc2Cl)C3)cc1. The van der Waals surface area contributed by atoms with Crippen molar-refractivity contribution in [3.8, 4) is 11.3 Å². The van der Waals surface area contributed by atoms with E-state index in [9.17, 15) is 8.42 Å². The fraction of sp³-hybridized carbons (Fsp3) is 0.185. The number of hydrogen-bond acceptors (Lipinski definition) is 6. The Morgan fingerprint density at radius 2 is 1.71 bits per heavy atom. The smallest absolute Gasteiger partial charge is 0.264 e. The third-order valence-electron chi connectivity index (χ3n) is 6.06. The minimum absolute atomic E-state index is 0.119. The van der Waals surface area contributed by atoms with Crippen LogP contribution in [0.3, 0.4) is 0 Å². The zero-order chi connectivity index (χ0) is 24.4. The molecular formula is C27H24ClN3O3S. The summed E-state index contributed by atoms with van der Waals surface area (Å²) in [4.78, 5) is 9.43. The molecule has 0 saturated carbocycles. The van der Waals surface area contributed by atoms with Crippen LogP contribution in [0.15, 0.2) is 79.0 Å². The Bertz CT molecular complexity index is 1470. The summed E-state index contributed by atoms with van der Waals surface area (Å²) in [7, 11) is -3.43. The minimum Gasteiger partial charge on any atom is -0.324 e. The lowest BCUT2D eigenvalue weighted by Gasteiger charge is -2.28. The van der Waals surface area contributed by atoms with E-state index in [1.165, 1.54) is 5.56 Å². The first kappa shape index (κ1) is 23.5. The molecule has 5 rings (SSSR count). The summed E-state index contributed by atoms with van der Waals surface area (Å²) < 4.78 is 27.0. The predicted octanol–water partition coefficient (Wildman–Crippen LogP) is 5.75. The molecule has 178 valence electrons. The fourth-order valence-electron chi connectivity index (χ4n) is 4.43. The van der Waals surface area contributed by atoms with Gasteiger partial charge in [-0.25, -0.2) is 9.97 Å². The van der Waals surface area contributed by atoms with Crippen LogP contribution in [0.2, 0.25) is 5.02 Å². The summed E-state index contributed by atoms with van der Waals surface area (Å²) >= 11 is 6.55. The number of benzene rings is 3. The lowest BCUT2D eigenvalue weighted by Crippen LogP contribution is -2.15. The lowest BCUT2D eigenvalue weighted by molar-refractivity contribution is 0.326. The topological polar surface area (TPSA) is 81.2 Å². The van der Waals surface area contributed by atoms with Gasteiger partial charge in [-0.3, -0.25) is 4.18 Å². The molecule has 0 saturated heterocycles. The maximum absolute atomic E-state index is 11.1. The molecule has 35 heavy (non-hydrogen) atoms. The zero-order valence-corrected chi connectivity index (χ0v) is 20.7. The van der Waals surface area contributed by atoms with Gasteiger partial charge in [-0.15, -0.1) is 0 Å². The van der Waals surface area contributed by atoms with Crippen molar-refractivity contribution in [3.05, 3.63) is 106 Å². The molecule has 1 N–H and O–H groups in total. The Labute approximate surface area is 210 Å². The van der Waals surface area contributed by atoms with Crippen LogP contribution in [-0.4, -0.2) is 31.2 Å². The van der Waals surface area contributed by atoms with Gasteiger partial charge in [-0.05, 0) is 53.3 Å². The van der Waals surface area contributed by atoms with Crippen molar-refractivity contribution in [1.82, 2.24) is 9.97 Å². The van der Waals surface area contributed by atoms with Crippen LogP contribution in [0, 0.1) is 0 Å². The van der Waals surface area contributed by atoms with E-state index < -0.39 is 10.1 Å². The van der Waals surface area contributed by atoms with Crippen LogP contribution < -0.4 is 5.32 Å². The lowest BCUT2D eigenvalue weighted by atomic mass is 9.78. The molecule has 0 spiro atoms. The molecule has 0 bridgehead atoms. The first-order chi connectivity index (χ1) is 16.9. The number of nitrogens with one attached hydrogen (secondary N) is 1. The Morgan fingerprint density at radius 3 is 2.46 bits per heavy atom. The Kier molecular flexibility index (Phi) is 6.56. The van der Waals surface area contributed by atoms with E-state index in [2.05, 4.69) is 34.6 Å². The molecule has 0 amide bonds. The number of nitrogens with zero attached hydrogens (tertiary/aromatic N) is 2. The Balaban J connectivity index is 1.37. The Morgan fingerprint density at radius 1 is 1.00 bits per heavy atom. The van der Waals surface area contributed by atoms with Crippen LogP contribution in [0.1, 0.15) is 28.2 Å². The molecule has 0 radical (unpaired) electrons. The number of fused-ring (bicyclic) bond motifs is 3. The van der Waals surface area contributed by atoms with Crippen LogP contribution in [0.25, 0.3) is 11.3 Å². The van der Waals surface area contributed by atoms with Gasteiger partial charge in [0.05, 0.1) is 18.6 Å². The molecule has 3 aromatic carbocycles. The van der Waals surface area contributed by atoms with E-state index in [0.717, 1.165) is 51.3 Å². The highest BCUT2D eigenvalue weighted by Gasteiger charge is 2.28. The van der Waals surface area contributed by atoms with Crippen LogP contribution in [-0.2, 0) is 27.1 Å². The quantitative estimate of drug-likeness (QED) is 0.322. The van der Waals surface area contributed by atoms with Crippen molar-refractivity contribution < 1.29 is 12.6 Å². The first-order valence-electron chi connectivity index (χ1n) is 11.3. The number of hydrogen-bond donors (Lipinski definition) is 1. The normalized spacial score (nSPS) is 14.7. The van der Waals surface area contributed by atoms with Gasteiger partial charge in [0, 0.05) is 28.4 Å². The summed E-state index contributed by atoms with van der Waals surface area (Å²) in [5, 5.41) is 4.04. The number of anilines is 2. The van der Waals surface area contributed by atoms with Crippen molar-refractivity contribution >= 4 is 33.4 Å². The van der Waals surface area contributed by atoms with Gasteiger partial charge >= 0.3 is 0 Å². The zero-order valence-electron chi connectivity index (χ0n) is 19.1. The molecular weight excluding hydrogens is 482 g/mol. The largest absolute Gasteiger partial charge is 0.324 e. The van der Waals surface area contributed by atoms with Gasteiger partial charge in [-0.1, -0.05) is 66.2 Å². The predicted molar refractivity (Wildman–Crippen MR) is 139 cm³/mol. The van der Waals surface area contributed by atoms with Gasteiger partial charge in [0.15, 0.2) is 0 Å². The molecule has 0 fully saturated rings. The summed E-state index contributed by atoms with van der Waals surface area (Å²) in [6, 6.07) is 24.0. The fourth-order valence-corrected chi connectivity index (χ4v) is 5.08. The third-order valence-corrected chi connectivity index (χ3v) is 7.00. The van der Waals surface area contributed by atoms with E-state index in [1.807, 2.05) is 54.7 Å². The second-order valence-corrected chi connectivity index (χ2v) is 10.6. The minimum atomic E-state index is -3.43. The highest BCUT2D eigenvalue weighted by molar-refractivity contribution is 7.85. The summed E-state index contributed by atoms with van der Waals surface area (Å²) in [5.41, 5.74) is 7.23. The van der Waals surface area contributed by atoms with Gasteiger partial charge in [0.25, 0.3) is 10.1 Å². The average molecular weight is 506 g/mol. The van der Waals surface area contributed by atoms with E-state index in [1.54, 1.807) is 0 Å². The highest BCUT2D eigenvalue weighted by Crippen LogP contribution is 2.43.